The Bertz CT molecular complexity index is 820. The van der Waals surface area contributed by atoms with Crippen molar-refractivity contribution in [3.8, 4) is 0 Å². The first-order valence-corrected chi connectivity index (χ1v) is 12.6. The topological polar surface area (TPSA) is 161 Å². The highest BCUT2D eigenvalue weighted by atomic mass is 32.2. The van der Waals surface area contributed by atoms with Gasteiger partial charge in [-0.05, 0) is 27.7 Å². The Morgan fingerprint density at radius 1 is 0.818 bits per heavy atom. The molecule has 0 aliphatic heterocycles. The van der Waals surface area contributed by atoms with E-state index in [4.69, 9.17) is 9.47 Å². The van der Waals surface area contributed by atoms with Gasteiger partial charge in [0.15, 0.2) is 8.68 Å². The highest BCUT2D eigenvalue weighted by molar-refractivity contribution is 8.03. The fourth-order valence-electron chi connectivity index (χ4n) is 1.87. The quantitative estimate of drug-likeness (QED) is 0.160. The average Bonchev–Trinajstić information content (AvgIpc) is 3.21. The number of nitrogens with zero attached hydrogens (tertiary/aromatic N) is 4. The van der Waals surface area contributed by atoms with Crippen LogP contribution in [0.3, 0.4) is 0 Å². The lowest BCUT2D eigenvalue weighted by atomic mass is 10.3. The van der Waals surface area contributed by atoms with Crippen molar-refractivity contribution in [1.29, 1.82) is 0 Å². The van der Waals surface area contributed by atoms with Crippen molar-refractivity contribution in [1.82, 2.24) is 21.0 Å². The molecule has 0 spiro atoms. The Morgan fingerprint density at radius 3 is 1.58 bits per heavy atom. The van der Waals surface area contributed by atoms with Crippen LogP contribution in [0.15, 0.2) is 18.9 Å². The second kappa shape index (κ2) is 16.1. The summed E-state index contributed by atoms with van der Waals surface area (Å²) in [5.41, 5.74) is 5.59. The fourth-order valence-corrected chi connectivity index (χ4v) is 4.47. The molecule has 1 aromatic heterocycles. The predicted molar refractivity (Wildman–Crippen MR) is 126 cm³/mol. The molecule has 12 nitrogen and oxygen atoms in total. The van der Waals surface area contributed by atoms with E-state index in [0.29, 0.717) is 20.1 Å². The zero-order chi connectivity index (χ0) is 24.6. The van der Waals surface area contributed by atoms with Crippen molar-refractivity contribution in [3.05, 3.63) is 0 Å². The normalized spacial score (nSPS) is 11.6. The van der Waals surface area contributed by atoms with Crippen LogP contribution in [0.1, 0.15) is 40.5 Å². The van der Waals surface area contributed by atoms with Gasteiger partial charge in [-0.2, -0.15) is 10.2 Å². The van der Waals surface area contributed by atoms with Crippen LogP contribution in [-0.4, -0.2) is 70.1 Å². The van der Waals surface area contributed by atoms with E-state index >= 15 is 0 Å². The van der Waals surface area contributed by atoms with Crippen LogP contribution in [0.2, 0.25) is 0 Å². The van der Waals surface area contributed by atoms with Crippen molar-refractivity contribution in [2.45, 2.75) is 49.2 Å². The third kappa shape index (κ3) is 13.6. The third-order valence-corrected chi connectivity index (χ3v) is 6.39. The summed E-state index contributed by atoms with van der Waals surface area (Å²) in [6.45, 7) is 7.21. The van der Waals surface area contributed by atoms with Gasteiger partial charge < -0.3 is 9.47 Å². The summed E-state index contributed by atoms with van der Waals surface area (Å²) in [5, 5.41) is 15.6. The van der Waals surface area contributed by atoms with Crippen LogP contribution in [0.5, 0.6) is 0 Å². The van der Waals surface area contributed by atoms with Gasteiger partial charge in [0, 0.05) is 11.4 Å². The van der Waals surface area contributed by atoms with Gasteiger partial charge in [0.1, 0.15) is 0 Å². The number of ether oxygens (including phenoxy) is 2. The van der Waals surface area contributed by atoms with Crippen molar-refractivity contribution in [2.75, 3.05) is 24.7 Å². The molecule has 0 aliphatic carbocycles. The van der Waals surface area contributed by atoms with Gasteiger partial charge >= 0.3 is 11.9 Å². The highest BCUT2D eigenvalue weighted by Crippen LogP contribution is 2.28. The molecule has 0 bridgehead atoms. The van der Waals surface area contributed by atoms with E-state index in [1.165, 1.54) is 34.9 Å². The Morgan fingerprint density at radius 2 is 1.21 bits per heavy atom. The Kier molecular flexibility index (Phi) is 14.0. The van der Waals surface area contributed by atoms with E-state index in [0.717, 1.165) is 0 Å². The molecular weight excluding hydrogens is 492 g/mol. The van der Waals surface area contributed by atoms with Gasteiger partial charge in [-0.25, -0.2) is 10.9 Å². The molecule has 0 radical (unpaired) electrons. The number of rotatable bonds is 14. The number of carbonyl (C=O) groups is 4. The van der Waals surface area contributed by atoms with E-state index in [1.54, 1.807) is 27.7 Å². The highest BCUT2D eigenvalue weighted by Gasteiger charge is 2.11. The molecule has 2 N–H and O–H groups in total. The minimum atomic E-state index is -0.409. The molecule has 0 aliphatic rings. The van der Waals surface area contributed by atoms with Crippen LogP contribution >= 0.6 is 34.9 Å². The van der Waals surface area contributed by atoms with Crippen LogP contribution in [0.4, 0.5) is 0 Å². The van der Waals surface area contributed by atoms with E-state index in [1.807, 2.05) is 0 Å². The van der Waals surface area contributed by atoms with Gasteiger partial charge in [0.25, 0.3) is 11.8 Å². The minimum Gasteiger partial charge on any atom is -0.466 e. The molecule has 0 unspecified atom stereocenters. The van der Waals surface area contributed by atoms with Crippen molar-refractivity contribution in [2.24, 2.45) is 10.2 Å². The molecule has 0 aromatic carbocycles. The monoisotopic (exact) mass is 518 g/mol. The molecule has 182 valence electrons. The number of nitrogens with one attached hydrogen (secondary N) is 2. The largest absolute Gasteiger partial charge is 0.466 e. The number of thioether (sulfide) groups is 2. The van der Waals surface area contributed by atoms with E-state index in [2.05, 4.69) is 31.3 Å². The fraction of sp³-hybridized carbons (Fsp3) is 0.556. The number of amides is 2. The van der Waals surface area contributed by atoms with Gasteiger partial charge in [0.2, 0.25) is 0 Å². The third-order valence-electron chi connectivity index (χ3n) is 3.20. The van der Waals surface area contributed by atoms with E-state index < -0.39 is 11.9 Å². The molecule has 0 fully saturated rings. The summed E-state index contributed by atoms with van der Waals surface area (Å²) in [7, 11) is 0. The molecule has 1 heterocycles. The molecule has 0 atom stereocenters. The van der Waals surface area contributed by atoms with Crippen molar-refractivity contribution < 1.29 is 28.7 Å². The maximum absolute atomic E-state index is 11.9. The number of hydrogen-bond donors (Lipinski definition) is 2. The van der Waals surface area contributed by atoms with Crippen LogP contribution in [0.25, 0.3) is 0 Å². The molecule has 33 heavy (non-hydrogen) atoms. The van der Waals surface area contributed by atoms with Crippen LogP contribution in [-0.2, 0) is 28.7 Å². The minimum absolute atomic E-state index is 0.00208. The Labute approximate surface area is 203 Å². The first-order valence-electron chi connectivity index (χ1n) is 9.77. The maximum Gasteiger partial charge on any atom is 0.311 e. The molecular formula is C18H26N6O6S3. The smallest absolute Gasteiger partial charge is 0.311 e. The lowest BCUT2D eigenvalue weighted by Crippen LogP contribution is -2.22. The number of aromatic nitrogens is 2. The standard InChI is InChI=1S/C18H26N6O6S3/c1-5-29-15(27)7-11(3)19-21-13(25)9-31-17-23-24-18(33-17)32-10-14(26)22-20-12(4)8-16(28)30-6-2/h5-10H2,1-4H3,(H,21,25)(H,22,26)/b19-11+,20-12+. The van der Waals surface area contributed by atoms with Gasteiger partial charge in [-0.1, -0.05) is 34.9 Å². The zero-order valence-electron chi connectivity index (χ0n) is 18.7. The summed E-state index contributed by atoms with van der Waals surface area (Å²) in [4.78, 5) is 46.5. The Balaban J connectivity index is 2.34. The lowest BCUT2D eigenvalue weighted by molar-refractivity contribution is -0.142. The number of carbonyl (C=O) groups excluding carboxylic acids is 4. The van der Waals surface area contributed by atoms with E-state index in [9.17, 15) is 19.2 Å². The maximum atomic E-state index is 11.9. The summed E-state index contributed by atoms with van der Waals surface area (Å²) in [5.74, 6) is -1.41. The Hall–Kier alpha value is -2.52. The number of hydrazone groups is 2. The first-order chi connectivity index (χ1) is 15.7. The van der Waals surface area contributed by atoms with Crippen LogP contribution in [0, 0.1) is 0 Å². The molecule has 15 heteroatoms. The predicted octanol–water partition coefficient (Wildman–Crippen LogP) is 1.61. The van der Waals surface area contributed by atoms with Gasteiger partial charge in [0.05, 0.1) is 37.6 Å². The molecule has 2 amide bonds. The number of esters is 2. The SMILES string of the molecule is CCOC(=O)C/C(C)=N/NC(=O)CSc1nnc(SCC(=O)N/N=C(\C)CC(=O)OCC)s1. The molecule has 1 rings (SSSR count). The summed E-state index contributed by atoms with van der Waals surface area (Å²) < 4.78 is 10.7. The lowest BCUT2D eigenvalue weighted by Gasteiger charge is -2.02. The van der Waals surface area contributed by atoms with Crippen molar-refractivity contribution >= 4 is 70.0 Å². The van der Waals surface area contributed by atoms with E-state index in [-0.39, 0.29) is 49.4 Å². The molecule has 0 saturated heterocycles. The van der Waals surface area contributed by atoms with Gasteiger partial charge in [-0.3, -0.25) is 19.2 Å². The molecule has 0 saturated carbocycles. The first kappa shape index (κ1) is 28.5. The average molecular weight is 519 g/mol. The van der Waals surface area contributed by atoms with Gasteiger partial charge in [-0.15, -0.1) is 10.2 Å². The summed E-state index contributed by atoms with van der Waals surface area (Å²) in [6, 6.07) is 0. The summed E-state index contributed by atoms with van der Waals surface area (Å²) >= 11 is 3.59. The van der Waals surface area contributed by atoms with Crippen LogP contribution < -0.4 is 10.9 Å². The zero-order valence-corrected chi connectivity index (χ0v) is 21.2. The second-order valence-corrected chi connectivity index (χ2v) is 9.56. The second-order valence-electron chi connectivity index (χ2n) is 6.14. The molecule has 1 aromatic rings. The summed E-state index contributed by atoms with van der Waals surface area (Å²) in [6.07, 6.45) is 0.00417. The number of hydrogen-bond acceptors (Lipinski definition) is 13. The van der Waals surface area contributed by atoms with Crippen molar-refractivity contribution in [3.63, 3.8) is 0 Å².